The van der Waals surface area contributed by atoms with Crippen molar-refractivity contribution in [2.24, 2.45) is 4.74 Å². The lowest BCUT2D eigenvalue weighted by atomic mass is 11.5. The van der Waals surface area contributed by atoms with Crippen molar-refractivity contribution in [2.75, 3.05) is 0 Å². The Morgan fingerprint density at radius 1 is 1.00 bits per heavy atom. The Balaban J connectivity index is 4.32. The van der Waals surface area contributed by atoms with Crippen molar-refractivity contribution in [1.82, 2.24) is 0 Å². The number of rotatable bonds is 0. The minimum atomic E-state index is -2.89. The number of nitrogens with zero attached hydrogens (tertiary/aromatic N) is 1. The van der Waals surface area contributed by atoms with E-state index in [2.05, 4.69) is 4.74 Å². The van der Waals surface area contributed by atoms with Gasteiger partial charge in [-0.15, -0.1) is 0 Å². The van der Waals surface area contributed by atoms with Crippen LogP contribution in [0.2, 0.25) is 0 Å². The molecule has 0 aliphatic heterocycles. The summed E-state index contributed by atoms with van der Waals surface area (Å²) < 4.78 is 1.42. The summed E-state index contributed by atoms with van der Waals surface area (Å²) >= 11 is 31.2. The average Bonchev–Trinajstić information content (AvgIpc) is 1.14. The molecule has 0 saturated heterocycles. The molecule has 0 aromatic rings. The predicted octanol–water partition coefficient (Wildman–Crippen LogP) is 4.98. The predicted molar refractivity (Wildman–Crippen MR) is 47.2 cm³/mol. The van der Waals surface area contributed by atoms with Crippen LogP contribution in [0.1, 0.15) is 0 Å². The third-order valence-corrected chi connectivity index (χ3v) is 2.04. The van der Waals surface area contributed by atoms with Gasteiger partial charge in [-0.05, 0) is 33.7 Å². The van der Waals surface area contributed by atoms with Crippen LogP contribution < -0.4 is 0 Å². The molecule has 0 fully saturated rings. The quantitative estimate of drug-likeness (QED) is 0.334. The van der Waals surface area contributed by atoms with Gasteiger partial charge in [0.1, 0.15) is 0 Å². The number of hydrogen-bond donors (Lipinski definition) is 0. The van der Waals surface area contributed by atoms with E-state index in [4.69, 9.17) is 68.5 Å². The topological polar surface area (TPSA) is 12.4 Å². The number of hydrogen-bond acceptors (Lipinski definition) is 1. The summed E-state index contributed by atoms with van der Waals surface area (Å²) in [5, 5.41) is -2.89. The first-order valence-electron chi connectivity index (χ1n) is 1.50. The molecule has 0 rings (SSSR count). The first-order valence-corrected chi connectivity index (χ1v) is 7.09. The first kappa shape index (κ1) is 11.0. The van der Waals surface area contributed by atoms with E-state index in [1.165, 1.54) is 0 Å². The smallest absolute Gasteiger partial charge is 0.207 e. The Morgan fingerprint density at radius 3 is 1.33 bits per heavy atom. The molecule has 0 unspecified atom stereocenters. The molecular formula is CCl6NP. The second-order valence-corrected chi connectivity index (χ2v) is 10.2. The summed E-state index contributed by atoms with van der Waals surface area (Å²) in [7, 11) is 0. The van der Waals surface area contributed by atoms with Gasteiger partial charge in [-0.3, -0.25) is 0 Å². The molecule has 0 aliphatic carbocycles. The lowest BCUT2D eigenvalue weighted by molar-refractivity contribution is 1.20. The van der Waals surface area contributed by atoms with Crippen LogP contribution in [-0.4, -0.2) is 3.92 Å². The minimum absolute atomic E-state index is 1.82. The van der Waals surface area contributed by atoms with Crippen molar-refractivity contribution in [2.45, 2.75) is 3.92 Å². The highest BCUT2D eigenvalue weighted by molar-refractivity contribution is 8.26. The fourth-order valence-electron chi connectivity index (χ4n) is 0.129. The molecule has 0 spiro atoms. The van der Waals surface area contributed by atoms with E-state index in [0.717, 1.165) is 0 Å². The summed E-state index contributed by atoms with van der Waals surface area (Å²) in [6, 6.07) is 0. The van der Waals surface area contributed by atoms with Gasteiger partial charge in [0.15, 0.2) is 0 Å². The van der Waals surface area contributed by atoms with E-state index < -0.39 is 9.03 Å². The molecule has 1 nitrogen and oxygen atoms in total. The highest BCUT2D eigenvalue weighted by Gasteiger charge is 2.22. The van der Waals surface area contributed by atoms with Crippen LogP contribution in [0.15, 0.2) is 4.74 Å². The Bertz CT molecular complexity index is 131. The van der Waals surface area contributed by atoms with E-state index in [0.29, 0.717) is 0 Å². The van der Waals surface area contributed by atoms with E-state index in [9.17, 15) is 0 Å². The maximum absolute atomic E-state index is 5.24. The molecule has 0 atom stereocenters. The lowest BCUT2D eigenvalue weighted by Gasteiger charge is -2.05. The second kappa shape index (κ2) is 3.58. The molecular weight excluding hydrogens is 270 g/mol. The molecule has 0 N–H and O–H groups in total. The highest BCUT2D eigenvalue weighted by Crippen LogP contribution is 2.67. The second-order valence-electron chi connectivity index (χ2n) is 0.986. The lowest BCUT2D eigenvalue weighted by Crippen LogP contribution is -1.91. The SMILES string of the molecule is ClC(Cl)(Cl)N=P(Cl)(Cl)Cl. The molecule has 0 heterocycles. The van der Waals surface area contributed by atoms with Crippen LogP contribution in [0.25, 0.3) is 0 Å². The molecule has 0 aromatic heterocycles. The Kier molecular flexibility index (Phi) is 4.36. The maximum Gasteiger partial charge on any atom is 0.287 e. The summed E-state index contributed by atoms with van der Waals surface area (Å²) in [6.07, 6.45) is 0. The zero-order valence-electron chi connectivity index (χ0n) is 3.66. The van der Waals surface area contributed by atoms with Gasteiger partial charge in [-0.2, -0.15) is 0 Å². The van der Waals surface area contributed by atoms with Crippen LogP contribution in [-0.2, 0) is 0 Å². The summed E-state index contributed by atoms with van der Waals surface area (Å²) in [5.41, 5.74) is 0. The highest BCUT2D eigenvalue weighted by atomic mass is 36.0. The van der Waals surface area contributed by atoms with Gasteiger partial charge in [0.25, 0.3) is 3.92 Å². The molecule has 9 heavy (non-hydrogen) atoms. The molecule has 0 saturated carbocycles. The first-order chi connectivity index (χ1) is 3.71. The van der Waals surface area contributed by atoms with E-state index in [1.807, 2.05) is 0 Å². The number of alkyl halides is 3. The van der Waals surface area contributed by atoms with Crippen LogP contribution in [0.3, 0.4) is 0 Å². The van der Waals surface area contributed by atoms with Crippen molar-refractivity contribution >= 4 is 73.6 Å². The van der Waals surface area contributed by atoms with Crippen LogP contribution in [0.4, 0.5) is 0 Å². The van der Waals surface area contributed by atoms with Gasteiger partial charge >= 0.3 is 0 Å². The summed E-state index contributed by atoms with van der Waals surface area (Å²) in [6.45, 7) is 0. The van der Waals surface area contributed by atoms with Crippen molar-refractivity contribution in [1.29, 1.82) is 0 Å². The molecule has 0 radical (unpaired) electrons. The Hall–Kier alpha value is 1.97. The Labute approximate surface area is 81.9 Å². The van der Waals surface area contributed by atoms with Crippen LogP contribution in [0.5, 0.6) is 0 Å². The maximum atomic E-state index is 5.24. The fraction of sp³-hybridized carbons (Fsp3) is 1.00. The van der Waals surface area contributed by atoms with Gasteiger partial charge in [0.2, 0.25) is 5.11 Å². The van der Waals surface area contributed by atoms with Gasteiger partial charge in [-0.1, -0.05) is 34.8 Å². The average molecular weight is 270 g/mol. The molecule has 0 aromatic carbocycles. The van der Waals surface area contributed by atoms with E-state index in [1.54, 1.807) is 0 Å². The van der Waals surface area contributed by atoms with E-state index >= 15 is 0 Å². The summed E-state index contributed by atoms with van der Waals surface area (Å²) in [5.74, 6) is 0. The van der Waals surface area contributed by atoms with Crippen LogP contribution >= 0.6 is 73.6 Å². The van der Waals surface area contributed by atoms with Crippen molar-refractivity contribution < 1.29 is 0 Å². The van der Waals surface area contributed by atoms with Crippen LogP contribution in [0, 0.1) is 0 Å². The van der Waals surface area contributed by atoms with Gasteiger partial charge < -0.3 is 0 Å². The van der Waals surface area contributed by atoms with Gasteiger partial charge in [0.05, 0.1) is 0 Å². The van der Waals surface area contributed by atoms with E-state index in [-0.39, 0.29) is 0 Å². The molecule has 0 bridgehead atoms. The fourth-order valence-corrected chi connectivity index (χ4v) is 3.47. The normalized spacial score (nSPS) is 13.6. The third-order valence-electron chi connectivity index (χ3n) is 0.227. The standard InChI is InChI=1S/CCl6NP/c2-1(3,4)8-9(5,6)7. The number of halogens is 6. The molecule has 56 valence electrons. The van der Waals surface area contributed by atoms with Crippen molar-refractivity contribution in [3.63, 3.8) is 0 Å². The molecule has 0 aliphatic rings. The third kappa shape index (κ3) is 9.97. The zero-order valence-corrected chi connectivity index (χ0v) is 9.09. The Morgan fingerprint density at radius 2 is 1.33 bits per heavy atom. The largest absolute Gasteiger partial charge is 0.287 e. The van der Waals surface area contributed by atoms with Crippen molar-refractivity contribution in [3.8, 4) is 0 Å². The zero-order chi connectivity index (χ0) is 7.71. The molecule has 0 amide bonds. The van der Waals surface area contributed by atoms with Crippen molar-refractivity contribution in [3.05, 3.63) is 0 Å². The monoisotopic (exact) mass is 267 g/mol. The summed E-state index contributed by atoms with van der Waals surface area (Å²) in [4.78, 5) is 0. The van der Waals surface area contributed by atoms with Gasteiger partial charge in [-0.25, -0.2) is 4.74 Å². The minimum Gasteiger partial charge on any atom is -0.207 e. The van der Waals surface area contributed by atoms with Gasteiger partial charge in [0, 0.05) is 0 Å². The molecule has 8 heteroatoms.